The molecular formula is C15H19N3O. The van der Waals surface area contributed by atoms with Crippen LogP contribution in [0.5, 0.6) is 0 Å². The van der Waals surface area contributed by atoms with Gasteiger partial charge in [-0.3, -0.25) is 9.69 Å². The van der Waals surface area contributed by atoms with Gasteiger partial charge in [0.05, 0.1) is 18.5 Å². The maximum atomic E-state index is 11.6. The van der Waals surface area contributed by atoms with Crippen LogP contribution in [0, 0.1) is 11.3 Å². The van der Waals surface area contributed by atoms with Gasteiger partial charge in [-0.25, -0.2) is 0 Å². The second kappa shape index (κ2) is 5.41. The molecule has 100 valence electrons. The summed E-state index contributed by atoms with van der Waals surface area (Å²) in [5.74, 6) is 0.155. The summed E-state index contributed by atoms with van der Waals surface area (Å²) in [4.78, 5) is 15.4. The van der Waals surface area contributed by atoms with Crippen molar-refractivity contribution in [1.82, 2.24) is 4.90 Å². The summed E-state index contributed by atoms with van der Waals surface area (Å²) in [6.07, 6.45) is 1.40. The maximum absolute atomic E-state index is 11.6. The zero-order chi connectivity index (χ0) is 14.0. The monoisotopic (exact) mass is 257 g/mol. The van der Waals surface area contributed by atoms with Crippen LogP contribution in [0.25, 0.3) is 0 Å². The Morgan fingerprint density at radius 3 is 2.95 bits per heavy atom. The average Bonchev–Trinajstić information content (AvgIpc) is 2.70. The minimum atomic E-state index is -0.0675. The Kier molecular flexibility index (Phi) is 3.87. The molecule has 4 heteroatoms. The molecule has 1 atom stereocenters. The molecule has 0 spiro atoms. The Morgan fingerprint density at radius 1 is 1.53 bits per heavy atom. The number of hydrogen-bond acceptors (Lipinski definition) is 3. The van der Waals surface area contributed by atoms with Crippen molar-refractivity contribution in [2.75, 3.05) is 25.5 Å². The van der Waals surface area contributed by atoms with Crippen molar-refractivity contribution in [2.45, 2.75) is 25.8 Å². The van der Waals surface area contributed by atoms with Crippen LogP contribution in [0.4, 0.5) is 5.69 Å². The third-order valence-electron chi connectivity index (χ3n) is 3.82. The molecule has 19 heavy (non-hydrogen) atoms. The predicted molar refractivity (Wildman–Crippen MR) is 75.0 cm³/mol. The Balaban J connectivity index is 2.03. The van der Waals surface area contributed by atoms with Crippen molar-refractivity contribution in [2.24, 2.45) is 0 Å². The molecule has 0 aromatic heterocycles. The molecule has 1 aliphatic heterocycles. The number of nitriles is 1. The van der Waals surface area contributed by atoms with E-state index >= 15 is 0 Å². The summed E-state index contributed by atoms with van der Waals surface area (Å²) in [6, 6.07) is 8.36. The summed E-state index contributed by atoms with van der Waals surface area (Å²) in [5.41, 5.74) is 3.35. The average molecular weight is 257 g/mol. The molecule has 1 aromatic rings. The number of likely N-dealkylation sites (N-methyl/N-ethyl adjacent to an activating group) is 2. The zero-order valence-corrected chi connectivity index (χ0v) is 11.7. The summed E-state index contributed by atoms with van der Waals surface area (Å²) < 4.78 is 0. The summed E-state index contributed by atoms with van der Waals surface area (Å²) in [5, 5.41) is 8.85. The molecule has 1 amide bonds. The SMILES string of the molecule is CC(C#N)N(C)CCc1ccc2c(c1)CC(=O)N2C. The molecular weight excluding hydrogens is 238 g/mol. The topological polar surface area (TPSA) is 47.3 Å². The number of anilines is 1. The fourth-order valence-corrected chi connectivity index (χ4v) is 2.28. The number of nitrogens with zero attached hydrogens (tertiary/aromatic N) is 3. The Labute approximate surface area is 114 Å². The number of hydrogen-bond donors (Lipinski definition) is 0. The van der Waals surface area contributed by atoms with Crippen molar-refractivity contribution < 1.29 is 4.79 Å². The third-order valence-corrected chi connectivity index (χ3v) is 3.82. The molecule has 0 N–H and O–H groups in total. The van der Waals surface area contributed by atoms with Gasteiger partial charge >= 0.3 is 0 Å². The highest BCUT2D eigenvalue weighted by Gasteiger charge is 2.23. The van der Waals surface area contributed by atoms with Gasteiger partial charge in [0.25, 0.3) is 0 Å². The quantitative estimate of drug-likeness (QED) is 0.823. The zero-order valence-electron chi connectivity index (χ0n) is 11.7. The molecule has 0 aliphatic carbocycles. The number of carbonyl (C=O) groups excluding carboxylic acids is 1. The van der Waals surface area contributed by atoms with Gasteiger partial charge in [0, 0.05) is 19.3 Å². The van der Waals surface area contributed by atoms with E-state index in [9.17, 15) is 4.79 Å². The van der Waals surface area contributed by atoms with Crippen LogP contribution in [0.15, 0.2) is 18.2 Å². The van der Waals surface area contributed by atoms with Crippen LogP contribution in [0.1, 0.15) is 18.1 Å². The highest BCUT2D eigenvalue weighted by molar-refractivity contribution is 6.00. The lowest BCUT2D eigenvalue weighted by Gasteiger charge is -2.19. The molecule has 2 rings (SSSR count). The first-order valence-corrected chi connectivity index (χ1v) is 6.51. The molecule has 1 unspecified atom stereocenters. The molecule has 0 saturated carbocycles. The first-order chi connectivity index (χ1) is 9.02. The minimum Gasteiger partial charge on any atom is -0.315 e. The largest absolute Gasteiger partial charge is 0.315 e. The predicted octanol–water partition coefficient (Wildman–Crippen LogP) is 1.59. The Bertz CT molecular complexity index is 533. The highest BCUT2D eigenvalue weighted by Crippen LogP contribution is 2.28. The van der Waals surface area contributed by atoms with E-state index in [1.165, 1.54) is 5.56 Å². The summed E-state index contributed by atoms with van der Waals surface area (Å²) in [6.45, 7) is 2.74. The lowest BCUT2D eigenvalue weighted by atomic mass is 10.1. The fraction of sp³-hybridized carbons (Fsp3) is 0.467. The van der Waals surface area contributed by atoms with E-state index in [4.69, 9.17) is 5.26 Å². The number of rotatable bonds is 4. The van der Waals surface area contributed by atoms with Crippen LogP contribution >= 0.6 is 0 Å². The molecule has 0 fully saturated rings. The molecule has 1 heterocycles. The van der Waals surface area contributed by atoms with Crippen LogP contribution in [0.2, 0.25) is 0 Å². The smallest absolute Gasteiger partial charge is 0.231 e. The van der Waals surface area contributed by atoms with E-state index < -0.39 is 0 Å². The molecule has 0 bridgehead atoms. The van der Waals surface area contributed by atoms with Crippen LogP contribution in [0.3, 0.4) is 0 Å². The second-order valence-electron chi connectivity index (χ2n) is 5.13. The summed E-state index contributed by atoms with van der Waals surface area (Å²) >= 11 is 0. The van der Waals surface area contributed by atoms with Gasteiger partial charge in [-0.2, -0.15) is 5.26 Å². The van der Waals surface area contributed by atoms with Crippen LogP contribution in [-0.2, 0) is 17.6 Å². The van der Waals surface area contributed by atoms with Gasteiger partial charge in [0.15, 0.2) is 0 Å². The van der Waals surface area contributed by atoms with Gasteiger partial charge in [-0.05, 0) is 37.6 Å². The molecule has 1 aromatic carbocycles. The molecule has 0 saturated heterocycles. The van der Waals surface area contributed by atoms with E-state index in [0.717, 1.165) is 24.2 Å². The van der Waals surface area contributed by atoms with Crippen molar-refractivity contribution in [1.29, 1.82) is 5.26 Å². The molecule has 4 nitrogen and oxygen atoms in total. The molecule has 1 aliphatic rings. The Morgan fingerprint density at radius 2 is 2.26 bits per heavy atom. The Hall–Kier alpha value is -1.86. The van der Waals surface area contributed by atoms with Crippen molar-refractivity contribution >= 4 is 11.6 Å². The maximum Gasteiger partial charge on any atom is 0.231 e. The van der Waals surface area contributed by atoms with Gasteiger partial charge in [0.1, 0.15) is 0 Å². The van der Waals surface area contributed by atoms with Crippen molar-refractivity contribution in [3.63, 3.8) is 0 Å². The normalized spacial score (nSPS) is 15.5. The van der Waals surface area contributed by atoms with E-state index in [0.29, 0.717) is 6.42 Å². The fourth-order valence-electron chi connectivity index (χ4n) is 2.28. The van der Waals surface area contributed by atoms with Gasteiger partial charge < -0.3 is 4.90 Å². The lowest BCUT2D eigenvalue weighted by Crippen LogP contribution is -2.29. The summed E-state index contributed by atoms with van der Waals surface area (Å²) in [7, 11) is 3.77. The van der Waals surface area contributed by atoms with E-state index in [1.54, 1.807) is 4.90 Å². The minimum absolute atomic E-state index is 0.0675. The standard InChI is InChI=1S/C15H19N3O/c1-11(10-16)17(2)7-6-12-4-5-14-13(8-12)9-15(19)18(14)3/h4-5,8,11H,6-7,9H2,1-3H3. The number of carbonyl (C=O) groups is 1. The number of amides is 1. The van der Waals surface area contributed by atoms with E-state index in [1.807, 2.05) is 32.0 Å². The van der Waals surface area contributed by atoms with Gasteiger partial charge in [-0.1, -0.05) is 12.1 Å². The first-order valence-electron chi connectivity index (χ1n) is 6.51. The van der Waals surface area contributed by atoms with Crippen LogP contribution in [-0.4, -0.2) is 37.5 Å². The van der Waals surface area contributed by atoms with Crippen molar-refractivity contribution in [3.8, 4) is 6.07 Å². The van der Waals surface area contributed by atoms with Crippen LogP contribution < -0.4 is 4.90 Å². The molecule has 0 radical (unpaired) electrons. The third kappa shape index (κ3) is 2.77. The van der Waals surface area contributed by atoms with Gasteiger partial charge in [-0.15, -0.1) is 0 Å². The highest BCUT2D eigenvalue weighted by atomic mass is 16.2. The lowest BCUT2D eigenvalue weighted by molar-refractivity contribution is -0.117. The second-order valence-corrected chi connectivity index (χ2v) is 5.13. The van der Waals surface area contributed by atoms with E-state index in [-0.39, 0.29) is 11.9 Å². The van der Waals surface area contributed by atoms with Gasteiger partial charge in [0.2, 0.25) is 5.91 Å². The van der Waals surface area contributed by atoms with Crippen molar-refractivity contribution in [3.05, 3.63) is 29.3 Å². The number of benzene rings is 1. The first kappa shape index (κ1) is 13.6. The number of fused-ring (bicyclic) bond motifs is 1. The van der Waals surface area contributed by atoms with E-state index in [2.05, 4.69) is 18.2 Å².